The summed E-state index contributed by atoms with van der Waals surface area (Å²) in [6.45, 7) is 6.60. The molecule has 0 aliphatic rings. The van der Waals surface area contributed by atoms with Gasteiger partial charge in [-0.2, -0.15) is 5.10 Å². The molecule has 0 saturated carbocycles. The monoisotopic (exact) mass is 356 g/mol. The summed E-state index contributed by atoms with van der Waals surface area (Å²) < 4.78 is 3.11. The summed E-state index contributed by atoms with van der Waals surface area (Å²) in [5.41, 5.74) is 4.31. The summed E-state index contributed by atoms with van der Waals surface area (Å²) in [6.07, 6.45) is 0. The number of hydrogen-bond acceptors (Lipinski definition) is 3. The Kier molecular flexibility index (Phi) is 4.81. The Morgan fingerprint density at radius 3 is 2.76 bits per heavy atom. The van der Waals surface area contributed by atoms with E-state index in [-0.39, 0.29) is 12.1 Å². The smallest absolute Gasteiger partial charge is 0.317 e. The second-order valence-corrected chi connectivity index (χ2v) is 7.40. The molecule has 0 radical (unpaired) electrons. The first-order chi connectivity index (χ1) is 11.9. The van der Waals surface area contributed by atoms with Crippen LogP contribution in [0.1, 0.15) is 35.5 Å². The number of urea groups is 1. The molecule has 0 saturated heterocycles. The van der Waals surface area contributed by atoms with Gasteiger partial charge in [0.1, 0.15) is 0 Å². The van der Waals surface area contributed by atoms with Crippen molar-refractivity contribution in [1.82, 2.24) is 20.0 Å². The van der Waals surface area contributed by atoms with E-state index in [1.807, 2.05) is 51.7 Å². The minimum atomic E-state index is -0.0807. The van der Waals surface area contributed by atoms with Crippen molar-refractivity contribution < 1.29 is 4.79 Å². The van der Waals surface area contributed by atoms with Crippen molar-refractivity contribution in [2.75, 3.05) is 7.05 Å². The van der Waals surface area contributed by atoms with E-state index < -0.39 is 0 Å². The van der Waals surface area contributed by atoms with Crippen LogP contribution in [0.2, 0.25) is 0 Å². The highest BCUT2D eigenvalue weighted by molar-refractivity contribution is 7.17. The van der Waals surface area contributed by atoms with E-state index in [2.05, 4.69) is 27.9 Å². The molecule has 132 valence electrons. The van der Waals surface area contributed by atoms with Gasteiger partial charge in [-0.25, -0.2) is 4.79 Å². The molecule has 3 rings (SSSR count). The lowest BCUT2D eigenvalue weighted by molar-refractivity contribution is 0.203. The topological polar surface area (TPSA) is 50.2 Å². The molecule has 0 bridgehead atoms. The minimum Gasteiger partial charge on any atom is -0.331 e. The van der Waals surface area contributed by atoms with Gasteiger partial charge in [0.2, 0.25) is 0 Å². The third kappa shape index (κ3) is 3.39. The van der Waals surface area contributed by atoms with Gasteiger partial charge in [-0.3, -0.25) is 4.68 Å². The van der Waals surface area contributed by atoms with E-state index in [4.69, 9.17) is 0 Å². The van der Waals surface area contributed by atoms with Crippen molar-refractivity contribution in [1.29, 1.82) is 0 Å². The van der Waals surface area contributed by atoms with Gasteiger partial charge in [-0.05, 0) is 43.2 Å². The number of benzene rings is 1. The van der Waals surface area contributed by atoms with Gasteiger partial charge < -0.3 is 10.2 Å². The Hall–Kier alpha value is -2.34. The third-order valence-corrected chi connectivity index (χ3v) is 5.67. The quantitative estimate of drug-likeness (QED) is 0.763. The zero-order chi connectivity index (χ0) is 18.1. The molecule has 1 atom stereocenters. The summed E-state index contributed by atoms with van der Waals surface area (Å²) in [4.78, 5) is 14.3. The maximum atomic E-state index is 12.6. The number of nitrogens with one attached hydrogen (secondary N) is 1. The second kappa shape index (κ2) is 6.88. The number of fused-ring (bicyclic) bond motifs is 1. The van der Waals surface area contributed by atoms with Crippen LogP contribution in [0, 0.1) is 13.8 Å². The van der Waals surface area contributed by atoms with Crippen molar-refractivity contribution >= 4 is 27.5 Å². The van der Waals surface area contributed by atoms with Crippen LogP contribution >= 0.6 is 11.3 Å². The van der Waals surface area contributed by atoms with Gasteiger partial charge in [-0.15, -0.1) is 11.3 Å². The largest absolute Gasteiger partial charge is 0.331 e. The first kappa shape index (κ1) is 17.5. The fourth-order valence-electron chi connectivity index (χ4n) is 3.27. The predicted octanol–water partition coefficient (Wildman–Crippen LogP) is 4.15. The van der Waals surface area contributed by atoms with Crippen molar-refractivity contribution in [2.45, 2.75) is 33.4 Å². The van der Waals surface area contributed by atoms with Crippen molar-refractivity contribution in [2.24, 2.45) is 7.05 Å². The molecule has 0 fully saturated rings. The molecular formula is C19H24N4OS. The van der Waals surface area contributed by atoms with Crippen LogP contribution in [0.25, 0.3) is 10.1 Å². The fraction of sp³-hybridized carbons (Fsp3) is 0.368. The van der Waals surface area contributed by atoms with E-state index >= 15 is 0 Å². The van der Waals surface area contributed by atoms with E-state index in [0.717, 1.165) is 17.0 Å². The van der Waals surface area contributed by atoms with Crippen molar-refractivity contribution in [3.63, 3.8) is 0 Å². The summed E-state index contributed by atoms with van der Waals surface area (Å²) in [7, 11) is 3.76. The molecule has 2 amide bonds. The zero-order valence-electron chi connectivity index (χ0n) is 15.3. The molecule has 6 heteroatoms. The molecule has 0 aliphatic heterocycles. The normalized spacial score (nSPS) is 12.4. The van der Waals surface area contributed by atoms with E-state index in [0.29, 0.717) is 6.54 Å². The molecule has 1 N–H and O–H groups in total. The molecular weight excluding hydrogens is 332 g/mol. The number of carbonyl (C=O) groups excluding carboxylic acids is 1. The van der Waals surface area contributed by atoms with Gasteiger partial charge in [0.15, 0.2) is 0 Å². The van der Waals surface area contributed by atoms with E-state index in [1.54, 1.807) is 16.2 Å². The lowest BCUT2D eigenvalue weighted by Crippen LogP contribution is -2.38. The molecule has 0 aliphatic carbocycles. The first-order valence-electron chi connectivity index (χ1n) is 8.35. The van der Waals surface area contributed by atoms with E-state index in [1.165, 1.54) is 15.6 Å². The molecule has 5 nitrogen and oxygen atoms in total. The number of aromatic nitrogens is 2. The number of thiophene rings is 1. The van der Waals surface area contributed by atoms with Crippen LogP contribution in [0.15, 0.2) is 29.6 Å². The highest BCUT2D eigenvalue weighted by Gasteiger charge is 2.20. The van der Waals surface area contributed by atoms with Crippen LogP contribution in [0.4, 0.5) is 4.79 Å². The van der Waals surface area contributed by atoms with Gasteiger partial charge in [0.05, 0.1) is 11.7 Å². The van der Waals surface area contributed by atoms with Crippen LogP contribution in [0.3, 0.4) is 0 Å². The summed E-state index contributed by atoms with van der Waals surface area (Å²) in [5, 5.41) is 10.9. The lowest BCUT2D eigenvalue weighted by atomic mass is 10.1. The number of aryl methyl sites for hydroxylation is 2. The van der Waals surface area contributed by atoms with Crippen LogP contribution < -0.4 is 5.32 Å². The summed E-state index contributed by atoms with van der Waals surface area (Å²) >= 11 is 1.72. The molecule has 2 heterocycles. The number of nitrogens with zero attached hydrogens (tertiary/aromatic N) is 3. The van der Waals surface area contributed by atoms with Gasteiger partial charge in [-0.1, -0.05) is 18.2 Å². The summed E-state index contributed by atoms with van der Waals surface area (Å²) in [6, 6.07) is 8.14. The van der Waals surface area contributed by atoms with Gasteiger partial charge in [0, 0.05) is 36.6 Å². The fourth-order valence-corrected chi connectivity index (χ4v) is 4.22. The van der Waals surface area contributed by atoms with Crippen LogP contribution in [0.5, 0.6) is 0 Å². The van der Waals surface area contributed by atoms with Crippen molar-refractivity contribution in [3.05, 3.63) is 52.2 Å². The standard InChI is InChI=1S/C19H24N4OS/c1-12(18-13(2)21-23(5)14(18)3)20-19(24)22(4)10-15-11-25-17-9-7-6-8-16(15)17/h6-9,11-12H,10H2,1-5H3,(H,20,24)/t12-/m0/s1. The molecule has 25 heavy (non-hydrogen) atoms. The molecule has 3 aromatic rings. The van der Waals surface area contributed by atoms with Crippen LogP contribution in [-0.4, -0.2) is 27.8 Å². The second-order valence-electron chi connectivity index (χ2n) is 6.49. The maximum absolute atomic E-state index is 12.6. The maximum Gasteiger partial charge on any atom is 0.317 e. The van der Waals surface area contributed by atoms with E-state index in [9.17, 15) is 4.79 Å². The SMILES string of the molecule is Cc1nn(C)c(C)c1[C@H](C)NC(=O)N(C)Cc1csc2ccccc12. The average molecular weight is 356 g/mol. The van der Waals surface area contributed by atoms with Crippen LogP contribution in [-0.2, 0) is 13.6 Å². The number of carbonyl (C=O) groups is 1. The first-order valence-corrected chi connectivity index (χ1v) is 9.23. The molecule has 1 aromatic carbocycles. The Balaban J connectivity index is 1.70. The highest BCUT2D eigenvalue weighted by Crippen LogP contribution is 2.26. The Morgan fingerprint density at radius 1 is 1.36 bits per heavy atom. The number of amides is 2. The van der Waals surface area contributed by atoms with Gasteiger partial charge >= 0.3 is 6.03 Å². The highest BCUT2D eigenvalue weighted by atomic mass is 32.1. The molecule has 0 unspecified atom stereocenters. The predicted molar refractivity (Wildman–Crippen MR) is 103 cm³/mol. The van der Waals surface area contributed by atoms with Gasteiger partial charge in [0.25, 0.3) is 0 Å². The number of hydrogen-bond donors (Lipinski definition) is 1. The van der Waals surface area contributed by atoms with Crippen molar-refractivity contribution in [3.8, 4) is 0 Å². The lowest BCUT2D eigenvalue weighted by Gasteiger charge is -2.21. The Labute approximate surface area is 152 Å². The Morgan fingerprint density at radius 2 is 2.08 bits per heavy atom. The average Bonchev–Trinajstić information content (AvgIpc) is 3.08. The summed E-state index contributed by atoms with van der Waals surface area (Å²) in [5.74, 6) is 0. The third-order valence-electron chi connectivity index (χ3n) is 4.65. The zero-order valence-corrected chi connectivity index (χ0v) is 16.1. The minimum absolute atomic E-state index is 0.0783. The molecule has 0 spiro atoms. The Bertz CT molecular complexity index is 911. The number of rotatable bonds is 4. The molecule has 2 aromatic heterocycles.